The van der Waals surface area contributed by atoms with Crippen LogP contribution in [0.2, 0.25) is 0 Å². The highest BCUT2D eigenvalue weighted by Crippen LogP contribution is 2.25. The van der Waals surface area contributed by atoms with Gasteiger partial charge in [0.15, 0.2) is 5.76 Å². The second kappa shape index (κ2) is 5.87. The SMILES string of the molecule is CCCNC(CC)c1ccc(-c2ccn(C)n2)o1. The van der Waals surface area contributed by atoms with Gasteiger partial charge >= 0.3 is 0 Å². The number of furan rings is 1. The predicted molar refractivity (Wildman–Crippen MR) is 72.2 cm³/mol. The molecular formula is C14H21N3O. The lowest BCUT2D eigenvalue weighted by atomic mass is 10.1. The molecule has 98 valence electrons. The maximum Gasteiger partial charge on any atom is 0.154 e. The fraction of sp³-hybridized carbons (Fsp3) is 0.500. The molecule has 0 bridgehead atoms. The van der Waals surface area contributed by atoms with Gasteiger partial charge in [0.2, 0.25) is 0 Å². The summed E-state index contributed by atoms with van der Waals surface area (Å²) in [7, 11) is 1.91. The van der Waals surface area contributed by atoms with E-state index in [0.717, 1.165) is 36.6 Å². The van der Waals surface area contributed by atoms with Gasteiger partial charge in [-0.3, -0.25) is 4.68 Å². The van der Waals surface area contributed by atoms with Gasteiger partial charge in [-0.05, 0) is 37.6 Å². The maximum absolute atomic E-state index is 5.89. The quantitative estimate of drug-likeness (QED) is 0.852. The van der Waals surface area contributed by atoms with Gasteiger partial charge in [-0.15, -0.1) is 0 Å². The lowest BCUT2D eigenvalue weighted by Gasteiger charge is -2.13. The molecule has 2 heterocycles. The van der Waals surface area contributed by atoms with Crippen molar-refractivity contribution in [3.8, 4) is 11.5 Å². The van der Waals surface area contributed by atoms with E-state index in [1.807, 2.05) is 31.4 Å². The smallest absolute Gasteiger partial charge is 0.154 e. The van der Waals surface area contributed by atoms with Crippen LogP contribution in [0.3, 0.4) is 0 Å². The summed E-state index contributed by atoms with van der Waals surface area (Å²) < 4.78 is 7.68. The second-order valence-corrected chi connectivity index (χ2v) is 4.49. The first-order valence-electron chi connectivity index (χ1n) is 6.57. The lowest BCUT2D eigenvalue weighted by Crippen LogP contribution is -2.20. The van der Waals surface area contributed by atoms with Gasteiger partial charge in [-0.1, -0.05) is 13.8 Å². The lowest BCUT2D eigenvalue weighted by molar-refractivity contribution is 0.410. The molecule has 0 fully saturated rings. The van der Waals surface area contributed by atoms with E-state index >= 15 is 0 Å². The van der Waals surface area contributed by atoms with Crippen LogP contribution < -0.4 is 5.32 Å². The molecule has 4 nitrogen and oxygen atoms in total. The first-order valence-corrected chi connectivity index (χ1v) is 6.57. The zero-order valence-electron chi connectivity index (χ0n) is 11.3. The largest absolute Gasteiger partial charge is 0.458 e. The van der Waals surface area contributed by atoms with Gasteiger partial charge in [-0.25, -0.2) is 0 Å². The van der Waals surface area contributed by atoms with E-state index in [1.54, 1.807) is 4.68 Å². The standard InChI is InChI=1S/C14H21N3O/c1-4-9-15-11(5-2)13-6-7-14(18-13)12-8-10-17(3)16-12/h6-8,10-11,15H,4-5,9H2,1-3H3. The van der Waals surface area contributed by atoms with E-state index in [9.17, 15) is 0 Å². The van der Waals surface area contributed by atoms with Gasteiger partial charge in [0.1, 0.15) is 11.5 Å². The van der Waals surface area contributed by atoms with E-state index in [4.69, 9.17) is 4.42 Å². The Balaban J connectivity index is 2.13. The van der Waals surface area contributed by atoms with Gasteiger partial charge in [0, 0.05) is 13.2 Å². The monoisotopic (exact) mass is 247 g/mol. The molecule has 0 radical (unpaired) electrons. The molecule has 0 aliphatic rings. The van der Waals surface area contributed by atoms with Crippen LogP contribution >= 0.6 is 0 Å². The number of hydrogen-bond acceptors (Lipinski definition) is 3. The molecule has 1 unspecified atom stereocenters. The Kier molecular flexibility index (Phi) is 4.20. The summed E-state index contributed by atoms with van der Waals surface area (Å²) in [5.41, 5.74) is 0.883. The average Bonchev–Trinajstić information content (AvgIpc) is 2.99. The third-order valence-corrected chi connectivity index (χ3v) is 2.99. The molecule has 18 heavy (non-hydrogen) atoms. The van der Waals surface area contributed by atoms with E-state index < -0.39 is 0 Å². The zero-order valence-corrected chi connectivity index (χ0v) is 11.3. The van der Waals surface area contributed by atoms with Crippen molar-refractivity contribution in [1.29, 1.82) is 0 Å². The Hall–Kier alpha value is -1.55. The molecule has 0 saturated carbocycles. The number of nitrogens with zero attached hydrogens (tertiary/aromatic N) is 2. The first kappa shape index (κ1) is 12.9. The molecule has 2 aromatic rings. The van der Waals surface area contributed by atoms with E-state index in [-0.39, 0.29) is 0 Å². The van der Waals surface area contributed by atoms with E-state index in [2.05, 4.69) is 24.3 Å². The summed E-state index contributed by atoms with van der Waals surface area (Å²) in [6.45, 7) is 5.34. The van der Waals surface area contributed by atoms with Crippen LogP contribution in [0.5, 0.6) is 0 Å². The van der Waals surface area contributed by atoms with Crippen LogP contribution in [0.4, 0.5) is 0 Å². The van der Waals surface area contributed by atoms with Crippen LogP contribution in [0, 0.1) is 0 Å². The summed E-state index contributed by atoms with van der Waals surface area (Å²) >= 11 is 0. The molecule has 2 aromatic heterocycles. The third kappa shape index (κ3) is 2.82. The van der Waals surface area contributed by atoms with Crippen molar-refractivity contribution in [3.63, 3.8) is 0 Å². The molecule has 1 atom stereocenters. The fourth-order valence-corrected chi connectivity index (χ4v) is 1.99. The Morgan fingerprint density at radius 3 is 2.78 bits per heavy atom. The molecule has 0 aromatic carbocycles. The first-order chi connectivity index (χ1) is 8.74. The summed E-state index contributed by atoms with van der Waals surface area (Å²) in [5, 5.41) is 7.83. The van der Waals surface area contributed by atoms with Crippen molar-refractivity contribution in [1.82, 2.24) is 15.1 Å². The Labute approximate surface area is 108 Å². The predicted octanol–water partition coefficient (Wildman–Crippen LogP) is 3.13. The molecule has 2 rings (SSSR count). The summed E-state index contributed by atoms with van der Waals surface area (Å²) in [6.07, 6.45) is 4.07. The number of nitrogens with one attached hydrogen (secondary N) is 1. The van der Waals surface area contributed by atoms with Crippen molar-refractivity contribution < 1.29 is 4.42 Å². The van der Waals surface area contributed by atoms with Gasteiger partial charge in [0.05, 0.1) is 6.04 Å². The van der Waals surface area contributed by atoms with Crippen LogP contribution in [0.1, 0.15) is 38.5 Å². The minimum Gasteiger partial charge on any atom is -0.458 e. The summed E-state index contributed by atoms with van der Waals surface area (Å²) in [5.74, 6) is 1.83. The molecule has 1 N–H and O–H groups in total. The van der Waals surface area contributed by atoms with Crippen LogP contribution in [0.25, 0.3) is 11.5 Å². The second-order valence-electron chi connectivity index (χ2n) is 4.49. The Morgan fingerprint density at radius 1 is 1.33 bits per heavy atom. The molecular weight excluding hydrogens is 226 g/mol. The van der Waals surface area contributed by atoms with Crippen LogP contribution in [-0.2, 0) is 7.05 Å². The molecule has 0 amide bonds. The van der Waals surface area contributed by atoms with Crippen LogP contribution in [-0.4, -0.2) is 16.3 Å². The zero-order chi connectivity index (χ0) is 13.0. The highest BCUT2D eigenvalue weighted by Gasteiger charge is 2.14. The average molecular weight is 247 g/mol. The molecule has 0 spiro atoms. The Bertz CT molecular complexity index is 487. The number of rotatable bonds is 6. The minimum absolute atomic E-state index is 0.294. The number of aromatic nitrogens is 2. The van der Waals surface area contributed by atoms with Crippen LogP contribution in [0.15, 0.2) is 28.8 Å². The summed E-state index contributed by atoms with van der Waals surface area (Å²) in [6, 6.07) is 6.29. The van der Waals surface area contributed by atoms with E-state index in [1.165, 1.54) is 0 Å². The highest BCUT2D eigenvalue weighted by atomic mass is 16.3. The minimum atomic E-state index is 0.294. The maximum atomic E-state index is 5.89. The van der Waals surface area contributed by atoms with Crippen molar-refractivity contribution in [2.45, 2.75) is 32.7 Å². The van der Waals surface area contributed by atoms with Gasteiger partial charge < -0.3 is 9.73 Å². The van der Waals surface area contributed by atoms with Gasteiger partial charge in [0.25, 0.3) is 0 Å². The Morgan fingerprint density at radius 2 is 2.17 bits per heavy atom. The normalized spacial score (nSPS) is 12.8. The third-order valence-electron chi connectivity index (χ3n) is 2.99. The topological polar surface area (TPSA) is 43.0 Å². The number of hydrogen-bond donors (Lipinski definition) is 1. The van der Waals surface area contributed by atoms with Crippen molar-refractivity contribution in [2.24, 2.45) is 7.05 Å². The number of aryl methyl sites for hydroxylation is 1. The molecule has 0 aliphatic carbocycles. The van der Waals surface area contributed by atoms with Crippen molar-refractivity contribution >= 4 is 0 Å². The van der Waals surface area contributed by atoms with Gasteiger partial charge in [-0.2, -0.15) is 5.10 Å². The summed E-state index contributed by atoms with van der Waals surface area (Å²) in [4.78, 5) is 0. The highest BCUT2D eigenvalue weighted by molar-refractivity contribution is 5.51. The van der Waals surface area contributed by atoms with E-state index in [0.29, 0.717) is 6.04 Å². The van der Waals surface area contributed by atoms with Crippen molar-refractivity contribution in [3.05, 3.63) is 30.2 Å². The molecule has 0 aliphatic heterocycles. The molecule has 0 saturated heterocycles. The van der Waals surface area contributed by atoms with Crippen molar-refractivity contribution in [2.75, 3.05) is 6.54 Å². The molecule has 4 heteroatoms. The fourth-order valence-electron chi connectivity index (χ4n) is 1.99.